The van der Waals surface area contributed by atoms with Crippen molar-refractivity contribution < 1.29 is 14.7 Å². The number of benzene rings is 1. The van der Waals surface area contributed by atoms with E-state index in [1.807, 2.05) is 4.90 Å². The number of nitrogens with zero attached hydrogens (tertiary/aromatic N) is 1. The lowest BCUT2D eigenvalue weighted by molar-refractivity contribution is -0.127. The van der Waals surface area contributed by atoms with Crippen molar-refractivity contribution in [1.82, 2.24) is 4.90 Å². The van der Waals surface area contributed by atoms with Gasteiger partial charge in [-0.2, -0.15) is 0 Å². The Morgan fingerprint density at radius 2 is 1.95 bits per heavy atom. The summed E-state index contributed by atoms with van der Waals surface area (Å²) in [6, 6.07) is 6.95. The van der Waals surface area contributed by atoms with Crippen LogP contribution in [-0.2, 0) is 4.79 Å². The molecule has 2 aliphatic rings. The van der Waals surface area contributed by atoms with E-state index in [-0.39, 0.29) is 11.5 Å². The molecule has 1 aromatic rings. The van der Waals surface area contributed by atoms with Crippen LogP contribution in [0.15, 0.2) is 30.3 Å². The van der Waals surface area contributed by atoms with Crippen LogP contribution in [0.25, 0.3) is 6.08 Å². The summed E-state index contributed by atoms with van der Waals surface area (Å²) in [5.74, 6) is -0.170. The number of carbonyl (C=O) groups is 2. The van der Waals surface area contributed by atoms with Gasteiger partial charge in [-0.1, -0.05) is 12.1 Å². The molecule has 0 radical (unpaired) electrons. The van der Waals surface area contributed by atoms with Gasteiger partial charge in [-0.25, -0.2) is 4.79 Å². The van der Waals surface area contributed by atoms with E-state index in [1.165, 1.54) is 6.42 Å². The normalized spacial score (nSPS) is 24.5. The summed E-state index contributed by atoms with van der Waals surface area (Å²) in [4.78, 5) is 24.8. The Morgan fingerprint density at radius 3 is 2.50 bits per heavy atom. The molecule has 0 spiro atoms. The van der Waals surface area contributed by atoms with E-state index in [4.69, 9.17) is 5.11 Å². The average Bonchev–Trinajstić information content (AvgIpc) is 3.08. The predicted octanol–water partition coefficient (Wildman–Crippen LogP) is 2.41. The molecule has 4 nitrogen and oxygen atoms in total. The molecular weight excluding hydrogens is 254 g/mol. The zero-order chi connectivity index (χ0) is 14.1. The SMILES string of the molecule is O=C(O)c1ccc(/C=C/C(=O)N2CC3CCC2C3)cc1. The van der Waals surface area contributed by atoms with Crippen molar-refractivity contribution >= 4 is 18.0 Å². The van der Waals surface area contributed by atoms with Crippen molar-refractivity contribution in [3.63, 3.8) is 0 Å². The minimum atomic E-state index is -0.940. The van der Waals surface area contributed by atoms with E-state index in [9.17, 15) is 9.59 Å². The molecule has 1 aliphatic heterocycles. The van der Waals surface area contributed by atoms with E-state index < -0.39 is 5.97 Å². The zero-order valence-electron chi connectivity index (χ0n) is 11.2. The van der Waals surface area contributed by atoms with Crippen LogP contribution in [0.1, 0.15) is 35.2 Å². The highest BCUT2D eigenvalue weighted by atomic mass is 16.4. The first kappa shape index (κ1) is 12.9. The standard InChI is InChI=1S/C16H17NO3/c18-15(17-10-12-3-7-14(17)9-12)8-4-11-1-5-13(6-2-11)16(19)20/h1-2,4-6,8,12,14H,3,7,9-10H2,(H,19,20)/b8-4+. The van der Waals surface area contributed by atoms with Crippen LogP contribution in [0.4, 0.5) is 0 Å². The van der Waals surface area contributed by atoms with Gasteiger partial charge in [0.15, 0.2) is 0 Å². The van der Waals surface area contributed by atoms with Crippen molar-refractivity contribution in [3.05, 3.63) is 41.5 Å². The molecular formula is C16H17NO3. The van der Waals surface area contributed by atoms with Crippen LogP contribution in [0.5, 0.6) is 0 Å². The third-order valence-electron chi connectivity index (χ3n) is 4.27. The fraction of sp³-hybridized carbons (Fsp3) is 0.375. The Morgan fingerprint density at radius 1 is 1.20 bits per heavy atom. The van der Waals surface area contributed by atoms with Gasteiger partial charge in [-0.3, -0.25) is 4.79 Å². The highest BCUT2D eigenvalue weighted by Gasteiger charge is 2.39. The van der Waals surface area contributed by atoms with Crippen LogP contribution in [0.2, 0.25) is 0 Å². The van der Waals surface area contributed by atoms with Gasteiger partial charge in [0.2, 0.25) is 5.91 Å². The second kappa shape index (κ2) is 5.12. The molecule has 1 heterocycles. The van der Waals surface area contributed by atoms with Gasteiger partial charge in [0, 0.05) is 18.7 Å². The molecule has 1 saturated heterocycles. The quantitative estimate of drug-likeness (QED) is 0.859. The highest BCUT2D eigenvalue weighted by molar-refractivity contribution is 5.92. The van der Waals surface area contributed by atoms with E-state index in [1.54, 1.807) is 36.4 Å². The Bertz CT molecular complexity index is 562. The molecule has 4 heteroatoms. The Balaban J connectivity index is 1.65. The zero-order valence-corrected chi connectivity index (χ0v) is 11.2. The summed E-state index contributed by atoms with van der Waals surface area (Å²) in [5.41, 5.74) is 1.10. The molecule has 1 amide bonds. The molecule has 20 heavy (non-hydrogen) atoms. The van der Waals surface area contributed by atoms with Gasteiger partial charge in [0.05, 0.1) is 5.56 Å². The number of hydrogen-bond acceptors (Lipinski definition) is 2. The molecule has 1 saturated carbocycles. The van der Waals surface area contributed by atoms with Gasteiger partial charge in [-0.05, 0) is 49.0 Å². The lowest BCUT2D eigenvalue weighted by Crippen LogP contribution is -2.36. The smallest absolute Gasteiger partial charge is 0.335 e. The van der Waals surface area contributed by atoms with Crippen molar-refractivity contribution in [2.75, 3.05) is 6.54 Å². The summed E-state index contributed by atoms with van der Waals surface area (Å²) in [7, 11) is 0. The minimum absolute atomic E-state index is 0.0690. The molecule has 1 aromatic carbocycles. The highest BCUT2D eigenvalue weighted by Crippen LogP contribution is 2.37. The maximum absolute atomic E-state index is 12.1. The topological polar surface area (TPSA) is 57.6 Å². The van der Waals surface area contributed by atoms with E-state index in [0.717, 1.165) is 24.9 Å². The molecule has 2 fully saturated rings. The number of carbonyl (C=O) groups excluding carboxylic acids is 1. The Labute approximate surface area is 117 Å². The van der Waals surface area contributed by atoms with Gasteiger partial charge in [0.1, 0.15) is 0 Å². The number of hydrogen-bond donors (Lipinski definition) is 1. The van der Waals surface area contributed by atoms with Gasteiger partial charge in [-0.15, -0.1) is 0 Å². The summed E-state index contributed by atoms with van der Waals surface area (Å²) in [6.07, 6.45) is 6.90. The van der Waals surface area contributed by atoms with Gasteiger partial charge in [0.25, 0.3) is 0 Å². The van der Waals surface area contributed by atoms with Crippen molar-refractivity contribution in [2.45, 2.75) is 25.3 Å². The summed E-state index contributed by atoms with van der Waals surface area (Å²) in [5, 5.41) is 8.82. The number of rotatable bonds is 3. The predicted molar refractivity (Wildman–Crippen MR) is 75.3 cm³/mol. The second-order valence-corrected chi connectivity index (χ2v) is 5.58. The van der Waals surface area contributed by atoms with Crippen molar-refractivity contribution in [2.24, 2.45) is 5.92 Å². The molecule has 2 unspecified atom stereocenters. The number of carboxylic acid groups (broad SMARTS) is 1. The van der Waals surface area contributed by atoms with Crippen LogP contribution >= 0.6 is 0 Å². The van der Waals surface area contributed by atoms with E-state index >= 15 is 0 Å². The monoisotopic (exact) mass is 271 g/mol. The number of aromatic carboxylic acids is 1. The van der Waals surface area contributed by atoms with E-state index in [2.05, 4.69) is 0 Å². The summed E-state index contributed by atoms with van der Waals surface area (Å²) < 4.78 is 0. The largest absolute Gasteiger partial charge is 0.478 e. The molecule has 1 aliphatic carbocycles. The molecule has 3 rings (SSSR count). The number of fused-ring (bicyclic) bond motifs is 2. The first-order chi connectivity index (χ1) is 9.63. The molecule has 2 atom stereocenters. The van der Waals surface area contributed by atoms with Crippen LogP contribution in [0.3, 0.4) is 0 Å². The fourth-order valence-electron chi connectivity index (χ4n) is 3.19. The van der Waals surface area contributed by atoms with Crippen molar-refractivity contribution in [1.29, 1.82) is 0 Å². The molecule has 2 bridgehead atoms. The molecule has 104 valence electrons. The van der Waals surface area contributed by atoms with Gasteiger partial charge >= 0.3 is 5.97 Å². The maximum atomic E-state index is 12.1. The van der Waals surface area contributed by atoms with E-state index in [0.29, 0.717) is 12.0 Å². The average molecular weight is 271 g/mol. The Hall–Kier alpha value is -2.10. The van der Waals surface area contributed by atoms with Gasteiger partial charge < -0.3 is 10.0 Å². The maximum Gasteiger partial charge on any atom is 0.335 e. The molecule has 1 N–H and O–H groups in total. The third-order valence-corrected chi connectivity index (χ3v) is 4.27. The summed E-state index contributed by atoms with van der Waals surface area (Å²) in [6.45, 7) is 0.895. The molecule has 0 aromatic heterocycles. The lowest BCUT2D eigenvalue weighted by Gasteiger charge is -2.25. The first-order valence-corrected chi connectivity index (χ1v) is 6.95. The number of carboxylic acids is 1. The Kier molecular flexibility index (Phi) is 3.30. The van der Waals surface area contributed by atoms with Crippen LogP contribution in [0, 0.1) is 5.92 Å². The van der Waals surface area contributed by atoms with Crippen LogP contribution < -0.4 is 0 Å². The lowest BCUT2D eigenvalue weighted by atomic mass is 10.1. The minimum Gasteiger partial charge on any atom is -0.478 e. The first-order valence-electron chi connectivity index (χ1n) is 6.95. The number of piperidine rings is 1. The second-order valence-electron chi connectivity index (χ2n) is 5.58. The fourth-order valence-corrected chi connectivity index (χ4v) is 3.19. The number of likely N-dealkylation sites (tertiary alicyclic amines) is 1. The van der Waals surface area contributed by atoms with Crippen LogP contribution in [-0.4, -0.2) is 34.5 Å². The summed E-state index contributed by atoms with van der Waals surface area (Å²) >= 11 is 0. The number of amides is 1. The third kappa shape index (κ3) is 2.46. The van der Waals surface area contributed by atoms with Crippen molar-refractivity contribution in [3.8, 4) is 0 Å².